The SMILES string of the molecule is [C-]#[N+]c1c(-c2c(-c3ccc4c(=O)[nH]nc(CN)c4c3)cnn2C)ccc2nn(C)cc12. The molecule has 3 N–H and O–H groups in total. The number of nitrogens with two attached hydrogens (primary N) is 1. The third-order valence-corrected chi connectivity index (χ3v) is 5.45. The van der Waals surface area contributed by atoms with Gasteiger partial charge in [-0.2, -0.15) is 15.3 Å². The molecule has 0 radical (unpaired) electrons. The molecular weight excluding hydrogens is 392 g/mol. The molecule has 3 heterocycles. The highest BCUT2D eigenvalue weighted by Gasteiger charge is 2.20. The van der Waals surface area contributed by atoms with Gasteiger partial charge >= 0.3 is 0 Å². The minimum absolute atomic E-state index is 0.205. The van der Waals surface area contributed by atoms with Crippen molar-refractivity contribution in [3.8, 4) is 22.4 Å². The van der Waals surface area contributed by atoms with Crippen molar-refractivity contribution in [3.63, 3.8) is 0 Å². The Morgan fingerprint density at radius 2 is 1.97 bits per heavy atom. The first-order chi connectivity index (χ1) is 15.0. The number of hydrogen-bond donors (Lipinski definition) is 2. The first-order valence-electron chi connectivity index (χ1n) is 9.59. The maximum absolute atomic E-state index is 12.2. The largest absolute Gasteiger partial charge is 0.325 e. The number of nitrogens with zero attached hydrogens (tertiary/aromatic N) is 6. The van der Waals surface area contributed by atoms with Crippen molar-refractivity contribution in [2.75, 3.05) is 0 Å². The highest BCUT2D eigenvalue weighted by atomic mass is 16.1. The lowest BCUT2D eigenvalue weighted by atomic mass is 9.97. The topological polar surface area (TPSA) is 112 Å². The van der Waals surface area contributed by atoms with Gasteiger partial charge in [0.2, 0.25) is 5.69 Å². The van der Waals surface area contributed by atoms with E-state index in [4.69, 9.17) is 12.3 Å². The summed E-state index contributed by atoms with van der Waals surface area (Å²) in [7, 11) is 3.68. The Labute approximate surface area is 176 Å². The molecule has 0 fully saturated rings. The van der Waals surface area contributed by atoms with Crippen molar-refractivity contribution in [1.29, 1.82) is 0 Å². The van der Waals surface area contributed by atoms with E-state index in [1.54, 1.807) is 21.6 Å². The molecule has 0 atom stereocenters. The van der Waals surface area contributed by atoms with Crippen molar-refractivity contribution >= 4 is 27.4 Å². The van der Waals surface area contributed by atoms with E-state index in [2.05, 4.69) is 25.2 Å². The van der Waals surface area contributed by atoms with Gasteiger partial charge < -0.3 is 5.73 Å². The smallest absolute Gasteiger partial charge is 0.272 e. The lowest BCUT2D eigenvalue weighted by Crippen LogP contribution is -2.13. The Balaban J connectivity index is 1.78. The van der Waals surface area contributed by atoms with Crippen LogP contribution in [0.25, 0.3) is 48.9 Å². The average Bonchev–Trinajstić information content (AvgIpc) is 3.34. The van der Waals surface area contributed by atoms with Crippen LogP contribution in [0.3, 0.4) is 0 Å². The summed E-state index contributed by atoms with van der Waals surface area (Å²) in [4.78, 5) is 16.0. The van der Waals surface area contributed by atoms with Gasteiger partial charge in [-0.25, -0.2) is 9.94 Å². The van der Waals surface area contributed by atoms with Gasteiger partial charge in [-0.15, -0.1) is 0 Å². The molecule has 0 saturated heterocycles. The van der Waals surface area contributed by atoms with Crippen molar-refractivity contribution in [2.24, 2.45) is 19.8 Å². The van der Waals surface area contributed by atoms with Gasteiger partial charge in [0.25, 0.3) is 5.56 Å². The second-order valence-corrected chi connectivity index (χ2v) is 7.30. The molecule has 0 bridgehead atoms. The number of benzene rings is 2. The summed E-state index contributed by atoms with van der Waals surface area (Å²) in [6.07, 6.45) is 3.62. The third kappa shape index (κ3) is 2.81. The van der Waals surface area contributed by atoms with E-state index < -0.39 is 0 Å². The number of aryl methyl sites for hydroxylation is 2. The Morgan fingerprint density at radius 3 is 2.74 bits per heavy atom. The predicted molar refractivity (Wildman–Crippen MR) is 118 cm³/mol. The summed E-state index contributed by atoms with van der Waals surface area (Å²) in [6.45, 7) is 8.01. The summed E-state index contributed by atoms with van der Waals surface area (Å²) in [5.41, 5.74) is 10.8. The van der Waals surface area contributed by atoms with Crippen LogP contribution in [0.15, 0.2) is 47.5 Å². The number of aromatic amines is 1. The molecule has 2 aromatic carbocycles. The highest BCUT2D eigenvalue weighted by Crippen LogP contribution is 2.41. The molecule has 0 aliphatic carbocycles. The molecule has 0 unspecified atom stereocenters. The van der Waals surface area contributed by atoms with Gasteiger partial charge in [-0.1, -0.05) is 12.1 Å². The number of hydrogen-bond acceptors (Lipinski definition) is 5. The Kier molecular flexibility index (Phi) is 4.16. The van der Waals surface area contributed by atoms with Crippen LogP contribution >= 0.6 is 0 Å². The molecule has 0 aliphatic rings. The molecular formula is C22H18N8O. The molecule has 0 saturated carbocycles. The van der Waals surface area contributed by atoms with Gasteiger partial charge in [0.15, 0.2) is 0 Å². The molecule has 9 nitrogen and oxygen atoms in total. The van der Waals surface area contributed by atoms with Crippen molar-refractivity contribution < 1.29 is 0 Å². The van der Waals surface area contributed by atoms with E-state index in [1.165, 1.54) is 0 Å². The average molecular weight is 410 g/mol. The molecule has 5 aromatic rings. The maximum Gasteiger partial charge on any atom is 0.272 e. The van der Waals surface area contributed by atoms with Gasteiger partial charge in [-0.3, -0.25) is 14.2 Å². The molecule has 0 amide bonds. The van der Waals surface area contributed by atoms with E-state index in [1.807, 2.05) is 44.6 Å². The number of aromatic nitrogens is 6. The van der Waals surface area contributed by atoms with Crippen LogP contribution in [0, 0.1) is 6.57 Å². The zero-order valence-corrected chi connectivity index (χ0v) is 16.9. The summed E-state index contributed by atoms with van der Waals surface area (Å²) in [5.74, 6) is 0. The minimum Gasteiger partial charge on any atom is -0.325 e. The number of H-pyrrole nitrogens is 1. The normalized spacial score (nSPS) is 11.3. The quantitative estimate of drug-likeness (QED) is 0.444. The van der Waals surface area contributed by atoms with Crippen molar-refractivity contribution in [2.45, 2.75) is 6.54 Å². The highest BCUT2D eigenvalue weighted by molar-refractivity contribution is 6.02. The summed E-state index contributed by atoms with van der Waals surface area (Å²) < 4.78 is 3.46. The monoisotopic (exact) mass is 410 g/mol. The molecule has 31 heavy (non-hydrogen) atoms. The van der Waals surface area contributed by atoms with Gasteiger partial charge in [0, 0.05) is 48.7 Å². The lowest BCUT2D eigenvalue weighted by Gasteiger charge is -2.11. The van der Waals surface area contributed by atoms with Crippen LogP contribution < -0.4 is 11.3 Å². The zero-order chi connectivity index (χ0) is 21.7. The van der Waals surface area contributed by atoms with Gasteiger partial charge in [0.05, 0.1) is 35.1 Å². The lowest BCUT2D eigenvalue weighted by molar-refractivity contribution is 0.776. The zero-order valence-electron chi connectivity index (χ0n) is 16.9. The standard InChI is InChI=1S/C22H18N8O/c1-24-20-14(6-7-18-17(20)11-29(2)28-18)21-16(10-25-30(21)3)12-4-5-13-15(8-12)19(9-23)26-27-22(13)31/h4-8,10-11H,9,23H2,2-3H3,(H,27,31). The molecule has 0 spiro atoms. The van der Waals surface area contributed by atoms with Crippen molar-refractivity contribution in [3.05, 3.63) is 70.2 Å². The Morgan fingerprint density at radius 1 is 1.13 bits per heavy atom. The van der Waals surface area contributed by atoms with Crippen LogP contribution in [0.5, 0.6) is 0 Å². The minimum atomic E-state index is -0.262. The fourth-order valence-corrected chi connectivity index (χ4v) is 4.02. The van der Waals surface area contributed by atoms with Crippen LogP contribution in [0.2, 0.25) is 0 Å². The molecule has 9 heteroatoms. The van der Waals surface area contributed by atoms with E-state index in [0.717, 1.165) is 33.3 Å². The van der Waals surface area contributed by atoms with E-state index in [0.29, 0.717) is 22.2 Å². The predicted octanol–water partition coefficient (Wildman–Crippen LogP) is 2.89. The molecule has 3 aromatic heterocycles. The summed E-state index contributed by atoms with van der Waals surface area (Å²) in [6, 6.07) is 9.36. The molecule has 5 rings (SSSR count). The molecule has 0 aliphatic heterocycles. The number of fused-ring (bicyclic) bond motifs is 2. The van der Waals surface area contributed by atoms with Crippen LogP contribution in [0.4, 0.5) is 5.69 Å². The van der Waals surface area contributed by atoms with Crippen LogP contribution in [-0.4, -0.2) is 29.8 Å². The maximum atomic E-state index is 12.2. The van der Waals surface area contributed by atoms with Crippen molar-refractivity contribution in [1.82, 2.24) is 29.8 Å². The fraction of sp³-hybridized carbons (Fsp3) is 0.136. The summed E-state index contributed by atoms with van der Waals surface area (Å²) in [5, 5.41) is 17.5. The number of nitrogens with one attached hydrogen (secondary N) is 1. The first-order valence-corrected chi connectivity index (χ1v) is 9.59. The summed E-state index contributed by atoms with van der Waals surface area (Å²) >= 11 is 0. The van der Waals surface area contributed by atoms with Crippen LogP contribution in [-0.2, 0) is 20.6 Å². The Bertz CT molecular complexity index is 1580. The van der Waals surface area contributed by atoms with E-state index >= 15 is 0 Å². The first kappa shape index (κ1) is 18.7. The van der Waals surface area contributed by atoms with Gasteiger partial charge in [0.1, 0.15) is 0 Å². The van der Waals surface area contributed by atoms with Gasteiger partial charge in [-0.05, 0) is 23.8 Å². The second-order valence-electron chi connectivity index (χ2n) is 7.30. The molecule has 152 valence electrons. The van der Waals surface area contributed by atoms with E-state index in [9.17, 15) is 4.79 Å². The number of rotatable bonds is 3. The van der Waals surface area contributed by atoms with E-state index in [-0.39, 0.29) is 12.1 Å². The second kappa shape index (κ2) is 6.90. The van der Waals surface area contributed by atoms with Crippen LogP contribution in [0.1, 0.15) is 5.69 Å². The fourth-order valence-electron chi connectivity index (χ4n) is 4.02. The third-order valence-electron chi connectivity index (χ3n) is 5.45. The Hall–Kier alpha value is -4.29.